The van der Waals surface area contributed by atoms with Gasteiger partial charge in [0.1, 0.15) is 11.4 Å². The Hall–Kier alpha value is -5.42. The molecule has 0 saturated heterocycles. The summed E-state index contributed by atoms with van der Waals surface area (Å²) in [6.07, 6.45) is 0. The van der Waals surface area contributed by atoms with Crippen LogP contribution in [0.5, 0.6) is 11.5 Å². The molecule has 4 aromatic rings. The van der Waals surface area contributed by atoms with Crippen LogP contribution in [-0.2, 0) is 46.4 Å². The molecule has 0 aliphatic carbocycles. The van der Waals surface area contributed by atoms with Crippen LogP contribution in [0.25, 0.3) is 5.32 Å². The Balaban J connectivity index is 0.000000360. The molecule has 5 N–H and O–H groups in total. The van der Waals surface area contributed by atoms with Crippen LogP contribution in [0.15, 0.2) is 148 Å². The van der Waals surface area contributed by atoms with Gasteiger partial charge in [-0.1, -0.05) is 65.1 Å². The number of hydrogen-bond donors (Lipinski definition) is 3. The summed E-state index contributed by atoms with van der Waals surface area (Å²) < 4.78 is 45.5. The summed E-state index contributed by atoms with van der Waals surface area (Å²) in [6, 6.07) is 21.7. The van der Waals surface area contributed by atoms with Crippen LogP contribution in [0.3, 0.4) is 0 Å². The van der Waals surface area contributed by atoms with Crippen molar-refractivity contribution in [1.82, 2.24) is 0 Å². The number of carbonyl (C=O) groups excluding carboxylic acids is 2. The Labute approximate surface area is 319 Å². The third-order valence-corrected chi connectivity index (χ3v) is 9.31. The number of sulfonamides is 2. The number of thioether (sulfide) groups is 1. The van der Waals surface area contributed by atoms with Gasteiger partial charge in [0.05, 0.1) is 21.2 Å². The van der Waals surface area contributed by atoms with E-state index in [2.05, 4.69) is 31.1 Å². The van der Waals surface area contributed by atoms with Gasteiger partial charge in [-0.25, -0.2) is 27.1 Å². The Morgan fingerprint density at radius 3 is 1.75 bits per heavy atom. The van der Waals surface area contributed by atoms with E-state index in [0.29, 0.717) is 16.4 Å². The molecule has 0 amide bonds. The predicted octanol–water partition coefficient (Wildman–Crippen LogP) is 3.89. The first-order valence-corrected chi connectivity index (χ1v) is 18.3. The van der Waals surface area contributed by atoms with E-state index in [1.54, 1.807) is 36.4 Å². The minimum Gasteiger partial charge on any atom is -0.871 e. The Kier molecular flexibility index (Phi) is 14.2. The second-order valence-corrected chi connectivity index (χ2v) is 14.5. The first-order chi connectivity index (χ1) is 24.4. The Morgan fingerprint density at radius 2 is 1.26 bits per heavy atom. The zero-order valence-corrected chi connectivity index (χ0v) is 30.8. The molecule has 0 saturated carbocycles. The fraction of sp³-hybridized carbons (Fsp3) is 0.0625. The van der Waals surface area contributed by atoms with Gasteiger partial charge in [0.25, 0.3) is 0 Å². The second kappa shape index (κ2) is 17.9. The number of anilines is 1. The van der Waals surface area contributed by atoms with E-state index in [0.717, 1.165) is 48.2 Å². The van der Waals surface area contributed by atoms with Crippen molar-refractivity contribution in [3.63, 3.8) is 0 Å². The molecule has 276 valence electrons. The molecule has 0 fully saturated rings. The van der Waals surface area contributed by atoms with Crippen LogP contribution in [0, 0.1) is 0 Å². The second-order valence-electron chi connectivity index (χ2n) is 10.4. The van der Waals surface area contributed by atoms with Crippen LogP contribution >= 0.6 is 11.8 Å². The Morgan fingerprint density at radius 1 is 0.755 bits per heavy atom. The molecule has 0 spiro atoms. The van der Waals surface area contributed by atoms with E-state index >= 15 is 0 Å². The number of allylic oxidation sites excluding steroid dienone is 2. The van der Waals surface area contributed by atoms with Crippen molar-refractivity contribution in [2.75, 3.05) is 5.32 Å². The number of fused-ring (bicyclic) bond motifs is 1. The molecule has 0 atom stereocenters. The van der Waals surface area contributed by atoms with E-state index in [9.17, 15) is 41.7 Å². The van der Waals surface area contributed by atoms with Crippen molar-refractivity contribution in [3.05, 3.63) is 119 Å². The summed E-state index contributed by atoms with van der Waals surface area (Å²) in [6.45, 7) is 2.41. The van der Waals surface area contributed by atoms with Gasteiger partial charge in [-0.2, -0.15) is 10.2 Å². The van der Waals surface area contributed by atoms with E-state index in [1.807, 2.05) is 18.2 Å². The molecule has 0 aromatic heterocycles. The number of hydrogen-bond acceptors (Lipinski definition) is 15. The quantitative estimate of drug-likeness (QED) is 0.117. The van der Waals surface area contributed by atoms with E-state index < -0.39 is 48.9 Å². The van der Waals surface area contributed by atoms with Crippen molar-refractivity contribution in [2.24, 2.45) is 30.7 Å². The first kappa shape index (κ1) is 42.0. The summed E-state index contributed by atoms with van der Waals surface area (Å²) in [7, 11) is -8.04. The molecule has 0 radical (unpaired) electrons. The number of nitrogens with one attached hydrogen (secondary N) is 1. The zero-order chi connectivity index (χ0) is 38.2. The summed E-state index contributed by atoms with van der Waals surface area (Å²) in [5.41, 5.74) is -0.0329. The Bertz CT molecular complexity index is 2370. The fourth-order valence-corrected chi connectivity index (χ4v) is 6.00. The van der Waals surface area contributed by atoms with Crippen molar-refractivity contribution >= 4 is 66.1 Å². The molecule has 0 unspecified atom stereocenters. The first-order valence-electron chi connectivity index (χ1n) is 14.4. The maximum Gasteiger partial charge on any atom is 3.00 e. The number of nitrogens with zero attached hydrogens (tertiary/aromatic N) is 5. The van der Waals surface area contributed by atoms with Gasteiger partial charge in [0.15, 0.2) is 11.6 Å². The standard InChI is InChI=1S/C16H16N4O5S.C16H14N4O4S2.Co/c1-10(21)15(16(23)18-11-5-3-2-4-6-11)20-19-13-9-12(26(17,24)25)7-8-14(13)22;1-9(21)15(16-18-11-4-2-3-5-14(11)25-16)20-19-12-8-10(26(17,23)24)6-7-13(12)22;/h2-9,18,22-23H,1H3,(H2,17,24,25);2-8H,1H3,(H4,17,18,19,20,21,22,23,24);/q;;+3/p-3/b16-15-,20-19?;;. The topological polar surface area (TPSA) is 299 Å². The molecule has 5 rings (SSSR count). The average molecular weight is 823 g/mol. The number of Topliss-reactive ketones (excluding diaryl/α,β-unsaturated/α-hetero) is 2. The molecule has 53 heavy (non-hydrogen) atoms. The summed E-state index contributed by atoms with van der Waals surface area (Å²) in [5, 5.41) is 67.6. The molecule has 0 bridgehead atoms. The van der Waals surface area contributed by atoms with Gasteiger partial charge in [-0.3, -0.25) is 9.59 Å². The summed E-state index contributed by atoms with van der Waals surface area (Å²) >= 11 is 1.26. The molecule has 4 aromatic carbocycles. The SMILES string of the molecule is CC(=O)/C(N=Nc1cc(S(N)(=O)=O)ccc1[O-])=C(/[O-])Nc1ccccc1.CC(=O)/C(N=Nc1cc(S(N)(=O)=O)ccc1[O-])=C1/[N-]c2ccccc2S1.[Co+3].[H+]. The maximum atomic E-state index is 12.2. The number of primary sulfonamides is 2. The number of para-hydroxylation sites is 2. The largest absolute Gasteiger partial charge is 3.00 e. The van der Waals surface area contributed by atoms with Crippen molar-refractivity contribution in [3.8, 4) is 11.5 Å². The number of carbonyl (C=O) groups is 2. The number of benzene rings is 4. The van der Waals surface area contributed by atoms with Gasteiger partial charge >= 0.3 is 18.2 Å². The third kappa shape index (κ3) is 11.5. The average Bonchev–Trinajstić information content (AvgIpc) is 3.50. The van der Waals surface area contributed by atoms with Gasteiger partial charge in [-0.15, -0.1) is 27.7 Å². The van der Waals surface area contributed by atoms with E-state index in [-0.39, 0.29) is 50.9 Å². The zero-order valence-electron chi connectivity index (χ0n) is 28.3. The fourth-order valence-electron chi connectivity index (χ4n) is 3.94. The molecule has 1 aliphatic heterocycles. The van der Waals surface area contributed by atoms with Crippen LogP contribution in [0.2, 0.25) is 0 Å². The monoisotopic (exact) mass is 822 g/mol. The molecular weight excluding hydrogens is 796 g/mol. The number of ketones is 2. The molecular formula is C32H27CoN8O9S3. The van der Waals surface area contributed by atoms with E-state index in [1.165, 1.54) is 18.7 Å². The minimum atomic E-state index is -4.05. The van der Waals surface area contributed by atoms with Crippen molar-refractivity contribution in [2.45, 2.75) is 28.5 Å². The third-order valence-electron chi connectivity index (χ3n) is 6.44. The normalized spacial score (nSPS) is 13.9. The molecule has 1 aliphatic rings. The van der Waals surface area contributed by atoms with Crippen LogP contribution < -0.4 is 30.9 Å². The number of azo groups is 2. The summed E-state index contributed by atoms with van der Waals surface area (Å²) in [4.78, 5) is 23.9. The maximum absolute atomic E-state index is 12.2. The molecule has 17 nitrogen and oxygen atoms in total. The van der Waals surface area contributed by atoms with Crippen molar-refractivity contribution < 1.29 is 59.9 Å². The van der Waals surface area contributed by atoms with Gasteiger partial charge < -0.3 is 26.0 Å². The van der Waals surface area contributed by atoms with Gasteiger partial charge in [0.2, 0.25) is 20.0 Å². The summed E-state index contributed by atoms with van der Waals surface area (Å²) in [5.74, 6) is -3.08. The molecule has 21 heteroatoms. The molecule has 1 heterocycles. The van der Waals surface area contributed by atoms with Crippen LogP contribution in [0.1, 0.15) is 15.3 Å². The number of rotatable bonds is 10. The van der Waals surface area contributed by atoms with Gasteiger partial charge in [0, 0.05) is 19.5 Å². The van der Waals surface area contributed by atoms with Crippen molar-refractivity contribution in [1.29, 1.82) is 0 Å². The van der Waals surface area contributed by atoms with Crippen LogP contribution in [-0.4, -0.2) is 28.4 Å². The van der Waals surface area contributed by atoms with Gasteiger partial charge in [-0.05, 0) is 53.2 Å². The predicted molar refractivity (Wildman–Crippen MR) is 185 cm³/mol. The van der Waals surface area contributed by atoms with E-state index in [4.69, 9.17) is 10.3 Å². The van der Waals surface area contributed by atoms with Crippen LogP contribution in [0.4, 0.5) is 22.7 Å². The number of nitrogens with two attached hydrogens (primary N) is 2. The smallest absolute Gasteiger partial charge is 0.871 e. The minimum absolute atomic E-state index is 0.